The van der Waals surface area contributed by atoms with Gasteiger partial charge in [-0.2, -0.15) is 0 Å². The van der Waals surface area contributed by atoms with Crippen molar-refractivity contribution in [2.75, 3.05) is 18.5 Å². The molecule has 2 aliphatic heterocycles. The van der Waals surface area contributed by atoms with Gasteiger partial charge in [0.05, 0.1) is 17.7 Å². The smallest absolute Gasteiger partial charge is 0.317 e. The minimum Gasteiger partial charge on any atom is -0.547 e. The molecule has 2 aliphatic rings. The zero-order valence-electron chi connectivity index (χ0n) is 14.0. The normalized spacial score (nSPS) is 20.2. The summed E-state index contributed by atoms with van der Waals surface area (Å²) in [6.07, 6.45) is -1.78. The van der Waals surface area contributed by atoms with Crippen LogP contribution in [0.4, 0.5) is 5.69 Å². The second kappa shape index (κ2) is 5.70. The fourth-order valence-electron chi connectivity index (χ4n) is 3.72. The number of likely N-dealkylation sites (N-methyl/N-ethyl adjacent to an activating group) is 1. The topological polar surface area (TPSA) is 106 Å². The van der Waals surface area contributed by atoms with E-state index in [1.165, 1.54) is 15.9 Å². The number of hydrogen-bond donors (Lipinski definition) is 1. The van der Waals surface area contributed by atoms with Crippen LogP contribution in [-0.4, -0.2) is 45.9 Å². The predicted octanol–water partition coefficient (Wildman–Crippen LogP) is -0.821. The van der Waals surface area contributed by atoms with Crippen LogP contribution < -0.4 is 10.0 Å². The average molecular weight is 354 g/mol. The number of piperazine rings is 1. The lowest BCUT2D eigenvalue weighted by molar-refractivity contribution is -0.315. The molecule has 2 aromatic rings. The highest BCUT2D eigenvalue weighted by atomic mass is 16.4. The van der Waals surface area contributed by atoms with Crippen molar-refractivity contribution in [3.63, 3.8) is 0 Å². The van der Waals surface area contributed by atoms with Gasteiger partial charge < -0.3 is 24.5 Å². The first-order valence-electron chi connectivity index (χ1n) is 8.15. The highest BCUT2D eigenvalue weighted by molar-refractivity contribution is 6.41. The summed E-state index contributed by atoms with van der Waals surface area (Å²) >= 11 is 0. The number of hydrogen-bond acceptors (Lipinski definition) is 5. The molecule has 0 radical (unpaired) electrons. The number of aliphatic carboxylic acids is 1. The summed E-state index contributed by atoms with van der Waals surface area (Å²) in [5.74, 6) is -2.81. The van der Waals surface area contributed by atoms with Crippen LogP contribution in [0.15, 0.2) is 36.4 Å². The molecule has 0 saturated carbocycles. The molecule has 26 heavy (non-hydrogen) atoms. The Morgan fingerprint density at radius 3 is 2.65 bits per heavy atom. The molecular weight excluding hydrogens is 338 g/mol. The number of benzene rings is 1. The van der Waals surface area contributed by atoms with E-state index in [1.54, 1.807) is 35.9 Å². The number of anilines is 1. The van der Waals surface area contributed by atoms with Crippen molar-refractivity contribution in [2.45, 2.75) is 18.7 Å². The van der Waals surface area contributed by atoms with Gasteiger partial charge in [-0.1, -0.05) is 18.2 Å². The zero-order valence-corrected chi connectivity index (χ0v) is 14.0. The molecule has 2 amide bonds. The van der Waals surface area contributed by atoms with Crippen molar-refractivity contribution >= 4 is 23.5 Å². The number of amides is 2. The summed E-state index contributed by atoms with van der Waals surface area (Å²) in [5, 5.41) is 21.1. The van der Waals surface area contributed by atoms with Gasteiger partial charge in [-0.3, -0.25) is 14.5 Å². The average Bonchev–Trinajstić information content (AvgIpc) is 2.97. The lowest BCUT2D eigenvalue weighted by Gasteiger charge is -2.38. The van der Waals surface area contributed by atoms with E-state index in [0.29, 0.717) is 11.4 Å². The molecule has 0 aliphatic carbocycles. The number of carboxylic acid groups (broad SMARTS) is 1. The summed E-state index contributed by atoms with van der Waals surface area (Å²) in [6, 6.07) is 9.89. The fourth-order valence-corrected chi connectivity index (χ4v) is 3.72. The number of aliphatic hydroxyl groups excluding tert-OH is 1. The van der Waals surface area contributed by atoms with Crippen molar-refractivity contribution in [3.05, 3.63) is 53.3 Å². The van der Waals surface area contributed by atoms with Gasteiger partial charge in [0, 0.05) is 31.5 Å². The van der Waals surface area contributed by atoms with Gasteiger partial charge in [-0.15, -0.1) is 0 Å². The van der Waals surface area contributed by atoms with Gasteiger partial charge in [0.25, 0.3) is 0 Å². The molecule has 2 unspecified atom stereocenters. The summed E-state index contributed by atoms with van der Waals surface area (Å²) in [7, 11) is 1.55. The number of carbonyl (C=O) groups excluding carboxylic acids is 3. The van der Waals surface area contributed by atoms with Crippen LogP contribution >= 0.6 is 0 Å². The summed E-state index contributed by atoms with van der Waals surface area (Å²) < 4.78 is 1.68. The van der Waals surface area contributed by atoms with Crippen LogP contribution in [0.3, 0.4) is 0 Å². The number of aliphatic hydroxyl groups is 1. The number of carbonyl (C=O) groups is 3. The standard InChI is InChI=1S/C18H17N3O5/c1-19-9-14-12-6-7-13(15(22)18(25)26)20(12)8-10-4-2-3-5-11(10)21(14)17(24)16(19)23/h2-7,14-15,22H,8-9H2,1H3,(H,25,26)/p-1. The van der Waals surface area contributed by atoms with E-state index in [9.17, 15) is 24.6 Å². The van der Waals surface area contributed by atoms with E-state index in [-0.39, 0.29) is 18.8 Å². The molecule has 1 aromatic carbocycles. The minimum absolute atomic E-state index is 0.184. The van der Waals surface area contributed by atoms with Crippen LogP contribution in [0.25, 0.3) is 0 Å². The first-order chi connectivity index (χ1) is 12.4. The van der Waals surface area contributed by atoms with Gasteiger partial charge in [0.15, 0.2) is 0 Å². The quantitative estimate of drug-likeness (QED) is 0.710. The number of rotatable bonds is 2. The Bertz CT molecular complexity index is 935. The van der Waals surface area contributed by atoms with Crippen LogP contribution in [0.2, 0.25) is 0 Å². The van der Waals surface area contributed by atoms with Crippen LogP contribution in [-0.2, 0) is 20.9 Å². The lowest BCUT2D eigenvalue weighted by atomic mass is 10.1. The van der Waals surface area contributed by atoms with Crippen LogP contribution in [0.1, 0.15) is 29.1 Å². The molecule has 1 saturated heterocycles. The van der Waals surface area contributed by atoms with E-state index < -0.39 is 29.9 Å². The molecule has 1 N–H and O–H groups in total. The maximum absolute atomic E-state index is 12.7. The summed E-state index contributed by atoms with van der Waals surface area (Å²) in [4.78, 5) is 38.9. The Kier molecular flexibility index (Phi) is 3.58. The van der Waals surface area contributed by atoms with Crippen molar-refractivity contribution in [1.82, 2.24) is 9.47 Å². The maximum Gasteiger partial charge on any atom is 0.317 e. The van der Waals surface area contributed by atoms with Crippen LogP contribution in [0, 0.1) is 0 Å². The van der Waals surface area contributed by atoms with E-state index in [0.717, 1.165) is 5.56 Å². The second-order valence-electron chi connectivity index (χ2n) is 6.50. The van der Waals surface area contributed by atoms with Crippen molar-refractivity contribution < 1.29 is 24.6 Å². The Balaban J connectivity index is 1.94. The SMILES string of the molecule is CN1CC2c3ccc(C(O)C(=O)[O-])n3Cc3ccccc3N2C(=O)C1=O. The molecule has 3 heterocycles. The highest BCUT2D eigenvalue weighted by Crippen LogP contribution is 2.39. The minimum atomic E-state index is -1.78. The number of nitrogens with zero attached hydrogens (tertiary/aromatic N) is 3. The van der Waals surface area contributed by atoms with Gasteiger partial charge in [0.1, 0.15) is 6.10 Å². The fraction of sp³-hybridized carbons (Fsp3) is 0.278. The Morgan fingerprint density at radius 1 is 1.19 bits per heavy atom. The summed E-state index contributed by atoms with van der Waals surface area (Å²) in [5.41, 5.74) is 2.21. The number of para-hydroxylation sites is 1. The molecule has 4 rings (SSSR count). The summed E-state index contributed by atoms with van der Waals surface area (Å²) in [6.45, 7) is 0.542. The van der Waals surface area contributed by atoms with Gasteiger partial charge in [-0.05, 0) is 23.8 Å². The number of carboxylic acids is 1. The Hall–Kier alpha value is -3.13. The molecule has 134 valence electrons. The number of aromatic nitrogens is 1. The number of fused-ring (bicyclic) bond motifs is 5. The third kappa shape index (κ3) is 2.22. The van der Waals surface area contributed by atoms with Crippen molar-refractivity contribution in [3.8, 4) is 0 Å². The molecule has 0 bridgehead atoms. The Morgan fingerprint density at radius 2 is 1.92 bits per heavy atom. The van der Waals surface area contributed by atoms with Gasteiger partial charge >= 0.3 is 11.8 Å². The van der Waals surface area contributed by atoms with E-state index in [4.69, 9.17) is 0 Å². The first-order valence-corrected chi connectivity index (χ1v) is 8.15. The second-order valence-corrected chi connectivity index (χ2v) is 6.50. The van der Waals surface area contributed by atoms with Crippen molar-refractivity contribution in [2.24, 2.45) is 0 Å². The molecule has 1 fully saturated rings. The monoisotopic (exact) mass is 354 g/mol. The van der Waals surface area contributed by atoms with Gasteiger partial charge in [0.2, 0.25) is 0 Å². The third-order valence-electron chi connectivity index (χ3n) is 4.98. The molecular formula is C18H16N3O5-. The van der Waals surface area contributed by atoms with Crippen LogP contribution in [0.5, 0.6) is 0 Å². The van der Waals surface area contributed by atoms with Gasteiger partial charge in [-0.25, -0.2) is 0 Å². The first kappa shape index (κ1) is 16.3. The molecule has 0 spiro atoms. The van der Waals surface area contributed by atoms with E-state index in [1.807, 2.05) is 6.07 Å². The maximum atomic E-state index is 12.7. The lowest BCUT2D eigenvalue weighted by Crippen LogP contribution is -2.54. The molecule has 1 aromatic heterocycles. The zero-order chi connectivity index (χ0) is 18.6. The highest BCUT2D eigenvalue weighted by Gasteiger charge is 2.42. The van der Waals surface area contributed by atoms with E-state index in [2.05, 4.69) is 0 Å². The molecule has 2 atom stereocenters. The molecule has 8 heteroatoms. The Labute approximate surface area is 148 Å². The third-order valence-corrected chi connectivity index (χ3v) is 4.98. The van der Waals surface area contributed by atoms with Crippen molar-refractivity contribution in [1.29, 1.82) is 0 Å². The largest absolute Gasteiger partial charge is 0.547 e. The predicted molar refractivity (Wildman–Crippen MR) is 87.8 cm³/mol. The molecule has 8 nitrogen and oxygen atoms in total. The van der Waals surface area contributed by atoms with E-state index >= 15 is 0 Å².